The van der Waals surface area contributed by atoms with Crippen molar-refractivity contribution in [1.29, 1.82) is 0 Å². The Bertz CT molecular complexity index is 398. The van der Waals surface area contributed by atoms with Crippen LogP contribution >= 0.6 is 0 Å². The molecule has 0 amide bonds. The lowest BCUT2D eigenvalue weighted by molar-refractivity contribution is 0.0432. The molecule has 0 aliphatic carbocycles. The average Bonchev–Trinajstić information content (AvgIpc) is 2.97. The highest BCUT2D eigenvalue weighted by atomic mass is 16.4. The smallest absolute Gasteiger partial charge is 0.233 e. The van der Waals surface area contributed by atoms with Crippen molar-refractivity contribution in [2.75, 3.05) is 32.8 Å². The minimum absolute atomic E-state index is 0.166. The van der Waals surface area contributed by atoms with E-state index in [4.69, 9.17) is 4.42 Å². The van der Waals surface area contributed by atoms with Gasteiger partial charge in [0, 0.05) is 38.6 Å². The number of aryl methyl sites for hydroxylation is 1. The van der Waals surface area contributed by atoms with E-state index in [1.54, 1.807) is 0 Å². The van der Waals surface area contributed by atoms with E-state index >= 15 is 0 Å². The third-order valence-corrected chi connectivity index (χ3v) is 4.24. The zero-order valence-corrected chi connectivity index (χ0v) is 12.7. The predicted octanol–water partition coefficient (Wildman–Crippen LogP) is 1.08. The van der Waals surface area contributed by atoms with Gasteiger partial charge in [-0.2, -0.15) is 0 Å². The number of hydrogen-bond donors (Lipinski definition) is 1. The van der Waals surface area contributed by atoms with Gasteiger partial charge in [0.25, 0.3) is 0 Å². The van der Waals surface area contributed by atoms with Gasteiger partial charge in [-0.15, -0.1) is 10.2 Å². The maximum absolute atomic E-state index is 9.37. The lowest BCUT2D eigenvalue weighted by Gasteiger charge is -2.40. The molecule has 2 unspecified atom stereocenters. The molecule has 1 aliphatic heterocycles. The van der Waals surface area contributed by atoms with Crippen LogP contribution in [0.5, 0.6) is 0 Å². The number of hydrogen-bond acceptors (Lipinski definition) is 6. The minimum Gasteiger partial charge on any atom is -0.424 e. The van der Waals surface area contributed by atoms with Crippen LogP contribution in [0.1, 0.15) is 45.0 Å². The van der Waals surface area contributed by atoms with Crippen LogP contribution in [0.4, 0.5) is 0 Å². The highest BCUT2D eigenvalue weighted by molar-refractivity contribution is 4.91. The van der Waals surface area contributed by atoms with E-state index in [9.17, 15) is 5.11 Å². The molecule has 6 nitrogen and oxygen atoms in total. The van der Waals surface area contributed by atoms with Crippen molar-refractivity contribution in [3.05, 3.63) is 11.8 Å². The van der Waals surface area contributed by atoms with E-state index in [1.165, 1.54) is 0 Å². The quantitative estimate of drug-likeness (QED) is 0.842. The minimum atomic E-state index is 0.166. The molecule has 0 saturated carbocycles. The van der Waals surface area contributed by atoms with Gasteiger partial charge in [-0.1, -0.05) is 13.8 Å². The Kier molecular flexibility index (Phi) is 5.51. The van der Waals surface area contributed by atoms with Crippen LogP contribution in [-0.4, -0.2) is 63.9 Å². The second kappa shape index (κ2) is 7.15. The summed E-state index contributed by atoms with van der Waals surface area (Å²) in [7, 11) is 0. The van der Waals surface area contributed by atoms with Gasteiger partial charge in [-0.05, 0) is 13.3 Å². The van der Waals surface area contributed by atoms with Crippen LogP contribution < -0.4 is 0 Å². The highest BCUT2D eigenvalue weighted by Crippen LogP contribution is 2.21. The summed E-state index contributed by atoms with van der Waals surface area (Å²) in [6, 6.07) is 0.460. The summed E-state index contributed by atoms with van der Waals surface area (Å²) in [5.74, 6) is 1.42. The van der Waals surface area contributed by atoms with Crippen molar-refractivity contribution in [2.45, 2.75) is 45.7 Å². The normalized spacial score (nSPS) is 21.0. The maximum Gasteiger partial charge on any atom is 0.233 e. The van der Waals surface area contributed by atoms with Crippen LogP contribution in [0.3, 0.4) is 0 Å². The van der Waals surface area contributed by atoms with Crippen molar-refractivity contribution in [3.63, 3.8) is 0 Å². The molecule has 1 aliphatic rings. The molecular formula is C14H26N4O2. The fourth-order valence-electron chi connectivity index (χ4n) is 2.73. The van der Waals surface area contributed by atoms with Crippen LogP contribution in [0, 0.1) is 0 Å². The molecule has 1 N–H and O–H groups in total. The van der Waals surface area contributed by atoms with E-state index in [0.717, 1.165) is 39.0 Å². The SMILES string of the molecule is CCc1nnc(C(C)N2CCN(C(CC)CO)CC2)o1. The second-order valence-corrected chi connectivity index (χ2v) is 5.38. The Morgan fingerprint density at radius 1 is 1.15 bits per heavy atom. The van der Waals surface area contributed by atoms with Crippen molar-refractivity contribution >= 4 is 0 Å². The fraction of sp³-hybridized carbons (Fsp3) is 0.857. The molecule has 1 fully saturated rings. The molecular weight excluding hydrogens is 256 g/mol. The number of piperazine rings is 1. The predicted molar refractivity (Wildman–Crippen MR) is 76.4 cm³/mol. The summed E-state index contributed by atoms with van der Waals surface area (Å²) >= 11 is 0. The third-order valence-electron chi connectivity index (χ3n) is 4.24. The highest BCUT2D eigenvalue weighted by Gasteiger charge is 2.27. The van der Waals surface area contributed by atoms with Gasteiger partial charge in [-0.25, -0.2) is 0 Å². The van der Waals surface area contributed by atoms with E-state index in [-0.39, 0.29) is 12.6 Å². The van der Waals surface area contributed by atoms with Gasteiger partial charge in [-0.3, -0.25) is 9.80 Å². The van der Waals surface area contributed by atoms with Crippen LogP contribution in [0.25, 0.3) is 0 Å². The summed E-state index contributed by atoms with van der Waals surface area (Å²) in [6.07, 6.45) is 1.78. The van der Waals surface area contributed by atoms with Gasteiger partial charge >= 0.3 is 0 Å². The van der Waals surface area contributed by atoms with Crippen molar-refractivity contribution in [2.24, 2.45) is 0 Å². The number of nitrogens with zero attached hydrogens (tertiary/aromatic N) is 4. The van der Waals surface area contributed by atoms with E-state index in [0.29, 0.717) is 17.8 Å². The molecule has 2 rings (SSSR count). The van der Waals surface area contributed by atoms with Gasteiger partial charge in [0.15, 0.2) is 0 Å². The summed E-state index contributed by atoms with van der Waals surface area (Å²) < 4.78 is 5.65. The zero-order valence-electron chi connectivity index (χ0n) is 12.7. The van der Waals surface area contributed by atoms with E-state index < -0.39 is 0 Å². The second-order valence-electron chi connectivity index (χ2n) is 5.38. The monoisotopic (exact) mass is 282 g/mol. The molecule has 20 heavy (non-hydrogen) atoms. The van der Waals surface area contributed by atoms with Crippen molar-refractivity contribution in [3.8, 4) is 0 Å². The fourth-order valence-corrected chi connectivity index (χ4v) is 2.73. The van der Waals surface area contributed by atoms with E-state index in [1.807, 2.05) is 6.92 Å². The van der Waals surface area contributed by atoms with Crippen LogP contribution in [0.2, 0.25) is 0 Å². The first-order valence-corrected chi connectivity index (χ1v) is 7.60. The van der Waals surface area contributed by atoms with Crippen LogP contribution in [0.15, 0.2) is 4.42 Å². The lowest BCUT2D eigenvalue weighted by atomic mass is 10.1. The summed E-state index contributed by atoms with van der Waals surface area (Å²) in [5.41, 5.74) is 0. The molecule has 2 heterocycles. The number of aromatic nitrogens is 2. The lowest BCUT2D eigenvalue weighted by Crippen LogP contribution is -2.51. The van der Waals surface area contributed by atoms with Gasteiger partial charge in [0.1, 0.15) is 0 Å². The first-order chi connectivity index (χ1) is 9.69. The molecule has 0 spiro atoms. The average molecular weight is 282 g/mol. The Hall–Kier alpha value is -0.980. The number of rotatable bonds is 6. The Morgan fingerprint density at radius 3 is 2.30 bits per heavy atom. The molecule has 0 radical (unpaired) electrons. The van der Waals surface area contributed by atoms with Crippen LogP contribution in [-0.2, 0) is 6.42 Å². The maximum atomic E-state index is 9.37. The Morgan fingerprint density at radius 2 is 1.80 bits per heavy atom. The summed E-state index contributed by atoms with van der Waals surface area (Å²) in [5, 5.41) is 17.5. The first-order valence-electron chi connectivity index (χ1n) is 7.60. The van der Waals surface area contributed by atoms with Crippen molar-refractivity contribution < 1.29 is 9.52 Å². The van der Waals surface area contributed by atoms with Gasteiger partial charge < -0.3 is 9.52 Å². The van der Waals surface area contributed by atoms with Gasteiger partial charge in [0.2, 0.25) is 11.8 Å². The number of aliphatic hydroxyl groups is 1. The van der Waals surface area contributed by atoms with E-state index in [2.05, 4.69) is 33.8 Å². The van der Waals surface area contributed by atoms with Gasteiger partial charge in [0.05, 0.1) is 12.6 Å². The Labute approximate surface area is 120 Å². The molecule has 1 aromatic heterocycles. The molecule has 0 aromatic carbocycles. The first kappa shape index (κ1) is 15.4. The number of aliphatic hydroxyl groups excluding tert-OH is 1. The topological polar surface area (TPSA) is 65.6 Å². The molecule has 1 aromatic rings. The summed E-state index contributed by atoms with van der Waals surface area (Å²) in [6.45, 7) is 10.4. The third kappa shape index (κ3) is 3.37. The zero-order chi connectivity index (χ0) is 14.5. The molecule has 114 valence electrons. The van der Waals surface area contributed by atoms with Crippen molar-refractivity contribution in [1.82, 2.24) is 20.0 Å². The molecule has 1 saturated heterocycles. The Balaban J connectivity index is 1.89. The molecule has 0 bridgehead atoms. The largest absolute Gasteiger partial charge is 0.424 e. The standard InChI is InChI=1S/C14H26N4O2/c1-4-12(10-19)18-8-6-17(7-9-18)11(3)14-16-15-13(5-2)20-14/h11-12,19H,4-10H2,1-3H3. The summed E-state index contributed by atoms with van der Waals surface area (Å²) in [4.78, 5) is 4.74. The molecule has 2 atom stereocenters. The molecule has 6 heteroatoms.